The van der Waals surface area contributed by atoms with Crippen molar-refractivity contribution < 1.29 is 0 Å². The average molecular weight is 390 g/mol. The molecule has 0 radical (unpaired) electrons. The summed E-state index contributed by atoms with van der Waals surface area (Å²) >= 11 is 3.62. The van der Waals surface area contributed by atoms with Crippen LogP contribution in [0, 0.1) is 0 Å². The molecule has 0 spiro atoms. The molecular formula is C21H16BrN3. The van der Waals surface area contributed by atoms with E-state index in [9.17, 15) is 0 Å². The maximum atomic E-state index is 4.85. The highest BCUT2D eigenvalue weighted by Gasteiger charge is 2.21. The normalized spacial score (nSPS) is 16.6. The Bertz CT molecular complexity index is 934. The lowest BCUT2D eigenvalue weighted by Crippen LogP contribution is -2.36. The molecule has 3 aromatic rings. The zero-order chi connectivity index (χ0) is 17.1. The van der Waals surface area contributed by atoms with E-state index in [1.807, 2.05) is 60.7 Å². The highest BCUT2D eigenvalue weighted by molar-refractivity contribution is 9.10. The molecule has 1 N–H and O–H groups in total. The van der Waals surface area contributed by atoms with Gasteiger partial charge in [0.1, 0.15) is 11.7 Å². The summed E-state index contributed by atoms with van der Waals surface area (Å²) in [6.07, 6.45) is -0.264. The average Bonchev–Trinajstić information content (AvgIpc) is 2.69. The largest absolute Gasteiger partial charge is 0.324 e. The third-order valence-electron chi connectivity index (χ3n) is 4.01. The van der Waals surface area contributed by atoms with Crippen LogP contribution >= 0.6 is 15.9 Å². The Balaban J connectivity index is 1.80. The summed E-state index contributed by atoms with van der Waals surface area (Å²) < 4.78 is 1.00. The van der Waals surface area contributed by atoms with Gasteiger partial charge in [-0.15, -0.1) is 0 Å². The van der Waals surface area contributed by atoms with Gasteiger partial charge in [-0.05, 0) is 11.6 Å². The fourth-order valence-electron chi connectivity index (χ4n) is 2.76. The molecule has 0 saturated heterocycles. The van der Waals surface area contributed by atoms with Gasteiger partial charge in [-0.2, -0.15) is 0 Å². The minimum absolute atomic E-state index is 0.264. The van der Waals surface area contributed by atoms with Crippen LogP contribution in [0.1, 0.15) is 22.9 Å². The zero-order valence-electron chi connectivity index (χ0n) is 13.4. The standard InChI is InChI=1S/C21H16BrN3/c22-18-14-8-7-13-17(18)21-24-19(15-9-3-1-4-10-15)23-20(25-21)16-11-5-2-6-12-16/h1-14,19H,(H,23,24,25). The quantitative estimate of drug-likeness (QED) is 0.676. The number of halogens is 1. The van der Waals surface area contributed by atoms with Crippen molar-refractivity contribution >= 4 is 27.6 Å². The second-order valence-electron chi connectivity index (χ2n) is 5.71. The number of nitrogens with zero attached hydrogens (tertiary/aromatic N) is 2. The van der Waals surface area contributed by atoms with E-state index in [0.717, 1.165) is 32.8 Å². The van der Waals surface area contributed by atoms with E-state index in [-0.39, 0.29) is 6.17 Å². The van der Waals surface area contributed by atoms with Gasteiger partial charge in [-0.25, -0.2) is 9.98 Å². The van der Waals surface area contributed by atoms with Crippen molar-refractivity contribution in [3.05, 3.63) is 106 Å². The van der Waals surface area contributed by atoms with Crippen molar-refractivity contribution in [3.63, 3.8) is 0 Å². The Hall–Kier alpha value is -2.72. The summed E-state index contributed by atoms with van der Waals surface area (Å²) in [5, 5.41) is 3.40. The van der Waals surface area contributed by atoms with E-state index < -0.39 is 0 Å². The minimum Gasteiger partial charge on any atom is -0.324 e. The van der Waals surface area contributed by atoms with Crippen LogP contribution in [-0.4, -0.2) is 11.7 Å². The third kappa shape index (κ3) is 3.39. The fourth-order valence-corrected chi connectivity index (χ4v) is 3.23. The SMILES string of the molecule is Brc1ccccc1C1=NC(c2ccccc2)N=C(c2ccccc2)N1. The molecule has 0 saturated carbocycles. The second kappa shape index (κ2) is 7.03. The summed E-state index contributed by atoms with van der Waals surface area (Å²) in [5.74, 6) is 1.64. The number of amidine groups is 2. The number of rotatable bonds is 3. The molecule has 1 unspecified atom stereocenters. The first-order valence-electron chi connectivity index (χ1n) is 8.09. The van der Waals surface area contributed by atoms with Crippen molar-refractivity contribution in [3.8, 4) is 0 Å². The van der Waals surface area contributed by atoms with E-state index in [2.05, 4.69) is 45.5 Å². The lowest BCUT2D eigenvalue weighted by atomic mass is 10.1. The molecule has 4 rings (SSSR count). The monoisotopic (exact) mass is 389 g/mol. The van der Waals surface area contributed by atoms with E-state index in [1.165, 1.54) is 0 Å². The Kier molecular flexibility index (Phi) is 4.44. The van der Waals surface area contributed by atoms with Gasteiger partial charge in [-0.1, -0.05) is 94.8 Å². The highest BCUT2D eigenvalue weighted by atomic mass is 79.9. The molecule has 4 heteroatoms. The summed E-state index contributed by atoms with van der Waals surface area (Å²) in [6.45, 7) is 0. The van der Waals surface area contributed by atoms with Crippen molar-refractivity contribution in [2.45, 2.75) is 6.17 Å². The molecule has 0 amide bonds. The van der Waals surface area contributed by atoms with E-state index in [1.54, 1.807) is 0 Å². The molecule has 0 bridgehead atoms. The first kappa shape index (κ1) is 15.8. The smallest absolute Gasteiger partial charge is 0.169 e. The molecule has 0 fully saturated rings. The van der Waals surface area contributed by atoms with E-state index in [0.29, 0.717) is 0 Å². The summed E-state index contributed by atoms with van der Waals surface area (Å²) in [7, 11) is 0. The highest BCUT2D eigenvalue weighted by Crippen LogP contribution is 2.25. The van der Waals surface area contributed by atoms with Crippen LogP contribution in [0.15, 0.2) is 99.4 Å². The Morgan fingerprint density at radius 3 is 2.00 bits per heavy atom. The molecule has 1 heterocycles. The Labute approximate surface area is 155 Å². The number of nitrogens with one attached hydrogen (secondary N) is 1. The van der Waals surface area contributed by atoms with Crippen molar-refractivity contribution in [2.24, 2.45) is 9.98 Å². The first-order valence-corrected chi connectivity index (χ1v) is 8.88. The van der Waals surface area contributed by atoms with Crippen LogP contribution < -0.4 is 5.32 Å². The van der Waals surface area contributed by atoms with E-state index >= 15 is 0 Å². The fraction of sp³-hybridized carbons (Fsp3) is 0.0476. The van der Waals surface area contributed by atoms with E-state index in [4.69, 9.17) is 9.98 Å². The molecular weight excluding hydrogens is 374 g/mol. The molecule has 3 aromatic carbocycles. The number of hydrogen-bond acceptors (Lipinski definition) is 3. The summed E-state index contributed by atoms with van der Waals surface area (Å²) in [5.41, 5.74) is 3.14. The molecule has 25 heavy (non-hydrogen) atoms. The van der Waals surface area contributed by atoms with Crippen molar-refractivity contribution in [1.29, 1.82) is 0 Å². The van der Waals surface area contributed by atoms with Gasteiger partial charge >= 0.3 is 0 Å². The van der Waals surface area contributed by atoms with Crippen LogP contribution in [-0.2, 0) is 0 Å². The van der Waals surface area contributed by atoms with Crippen LogP contribution in [0.2, 0.25) is 0 Å². The summed E-state index contributed by atoms with van der Waals surface area (Å²) in [6, 6.07) is 28.4. The van der Waals surface area contributed by atoms with Gasteiger partial charge in [0.25, 0.3) is 0 Å². The Morgan fingerprint density at radius 2 is 1.28 bits per heavy atom. The van der Waals surface area contributed by atoms with Gasteiger partial charge in [-0.3, -0.25) is 0 Å². The number of aliphatic imine (C=N–C) groups is 2. The predicted octanol–water partition coefficient (Wildman–Crippen LogP) is 4.94. The van der Waals surface area contributed by atoms with Crippen LogP contribution in [0.5, 0.6) is 0 Å². The topological polar surface area (TPSA) is 36.8 Å². The van der Waals surface area contributed by atoms with Crippen LogP contribution in [0.4, 0.5) is 0 Å². The maximum absolute atomic E-state index is 4.85. The van der Waals surface area contributed by atoms with Crippen LogP contribution in [0.25, 0.3) is 0 Å². The maximum Gasteiger partial charge on any atom is 0.169 e. The molecule has 3 nitrogen and oxygen atoms in total. The molecule has 1 aliphatic heterocycles. The van der Waals surface area contributed by atoms with Crippen LogP contribution in [0.3, 0.4) is 0 Å². The van der Waals surface area contributed by atoms with Gasteiger partial charge in [0.15, 0.2) is 6.17 Å². The molecule has 1 aliphatic rings. The lowest BCUT2D eigenvalue weighted by molar-refractivity contribution is 0.755. The second-order valence-corrected chi connectivity index (χ2v) is 6.56. The van der Waals surface area contributed by atoms with Gasteiger partial charge < -0.3 is 5.32 Å². The molecule has 122 valence electrons. The van der Waals surface area contributed by atoms with Gasteiger partial charge in [0.05, 0.1) is 0 Å². The molecule has 1 atom stereocenters. The number of benzene rings is 3. The minimum atomic E-state index is -0.264. The predicted molar refractivity (Wildman–Crippen MR) is 106 cm³/mol. The molecule has 0 aromatic heterocycles. The third-order valence-corrected chi connectivity index (χ3v) is 4.70. The zero-order valence-corrected chi connectivity index (χ0v) is 15.0. The Morgan fingerprint density at radius 1 is 0.680 bits per heavy atom. The summed E-state index contributed by atoms with van der Waals surface area (Å²) in [4.78, 5) is 9.68. The van der Waals surface area contributed by atoms with Gasteiger partial charge in [0, 0.05) is 15.6 Å². The lowest BCUT2D eigenvalue weighted by Gasteiger charge is -2.22. The molecule has 0 aliphatic carbocycles. The van der Waals surface area contributed by atoms with Crippen molar-refractivity contribution in [1.82, 2.24) is 5.32 Å². The van der Waals surface area contributed by atoms with Crippen molar-refractivity contribution in [2.75, 3.05) is 0 Å². The number of hydrogen-bond donors (Lipinski definition) is 1. The first-order chi connectivity index (χ1) is 12.3. The van der Waals surface area contributed by atoms with Gasteiger partial charge in [0.2, 0.25) is 0 Å².